The van der Waals surface area contributed by atoms with E-state index in [2.05, 4.69) is 36.3 Å². The number of carbonyl (C=O) groups excluding carboxylic acids is 1. The highest BCUT2D eigenvalue weighted by Gasteiger charge is 2.08. The molecule has 2 aromatic rings. The average Bonchev–Trinajstić information content (AvgIpc) is 2.84. The zero-order valence-corrected chi connectivity index (χ0v) is 12.5. The molecule has 1 unspecified atom stereocenters. The zero-order valence-electron chi connectivity index (χ0n) is 11.7. The molecule has 1 heterocycles. The van der Waals surface area contributed by atoms with Crippen LogP contribution in [-0.4, -0.2) is 10.9 Å². The summed E-state index contributed by atoms with van der Waals surface area (Å²) in [6, 6.07) is 8.00. The molecule has 0 radical (unpaired) electrons. The summed E-state index contributed by atoms with van der Waals surface area (Å²) in [5.74, 6) is 0.462. The molecule has 20 heavy (non-hydrogen) atoms. The third kappa shape index (κ3) is 3.81. The van der Waals surface area contributed by atoms with Gasteiger partial charge in [-0.15, -0.1) is 11.3 Å². The summed E-state index contributed by atoms with van der Waals surface area (Å²) >= 11 is 1.35. The van der Waals surface area contributed by atoms with Gasteiger partial charge < -0.3 is 11.1 Å². The van der Waals surface area contributed by atoms with Crippen molar-refractivity contribution >= 4 is 28.1 Å². The van der Waals surface area contributed by atoms with Gasteiger partial charge in [0, 0.05) is 11.1 Å². The van der Waals surface area contributed by atoms with Crippen LogP contribution in [0.2, 0.25) is 0 Å². The first-order valence-electron chi connectivity index (χ1n) is 6.68. The van der Waals surface area contributed by atoms with Crippen molar-refractivity contribution in [1.82, 2.24) is 4.98 Å². The number of nitrogens with one attached hydrogen (secondary N) is 1. The molecule has 1 aromatic heterocycles. The predicted octanol–water partition coefficient (Wildman–Crippen LogP) is 3.42. The summed E-state index contributed by atoms with van der Waals surface area (Å²) < 4.78 is 0. The van der Waals surface area contributed by atoms with Crippen molar-refractivity contribution in [3.8, 4) is 0 Å². The van der Waals surface area contributed by atoms with E-state index in [4.69, 9.17) is 5.73 Å². The molecule has 1 atom stereocenters. The summed E-state index contributed by atoms with van der Waals surface area (Å²) in [6.07, 6.45) is 1.36. The van der Waals surface area contributed by atoms with Crippen LogP contribution in [0.1, 0.15) is 37.4 Å². The Morgan fingerprint density at radius 1 is 1.40 bits per heavy atom. The van der Waals surface area contributed by atoms with Crippen LogP contribution in [-0.2, 0) is 11.2 Å². The number of benzene rings is 1. The van der Waals surface area contributed by atoms with Crippen LogP contribution in [0.4, 0.5) is 10.8 Å². The smallest absolute Gasteiger partial charge is 0.230 e. The average molecular weight is 289 g/mol. The lowest BCUT2D eigenvalue weighted by Crippen LogP contribution is -2.14. The fourth-order valence-corrected chi connectivity index (χ4v) is 2.47. The standard InChI is InChI=1S/C15H19N3OS/c1-3-10(2)11-4-6-12(7-5-11)17-14(19)8-13-9-20-15(16)18-13/h4-7,9-10H,3,8H2,1-2H3,(H2,16,18)(H,17,19). The van der Waals surface area contributed by atoms with Crippen LogP contribution < -0.4 is 11.1 Å². The maximum Gasteiger partial charge on any atom is 0.230 e. The molecule has 1 aromatic carbocycles. The van der Waals surface area contributed by atoms with Gasteiger partial charge in [0.1, 0.15) is 0 Å². The van der Waals surface area contributed by atoms with Gasteiger partial charge in [-0.25, -0.2) is 4.98 Å². The summed E-state index contributed by atoms with van der Waals surface area (Å²) in [7, 11) is 0. The molecule has 2 rings (SSSR count). The van der Waals surface area contributed by atoms with Crippen LogP contribution in [0, 0.1) is 0 Å². The lowest BCUT2D eigenvalue weighted by atomic mass is 9.99. The van der Waals surface area contributed by atoms with Crippen molar-refractivity contribution in [2.24, 2.45) is 0 Å². The van der Waals surface area contributed by atoms with Gasteiger partial charge in [-0.1, -0.05) is 26.0 Å². The van der Waals surface area contributed by atoms with E-state index in [1.54, 1.807) is 5.38 Å². The second-order valence-corrected chi connectivity index (χ2v) is 5.72. The Labute approximate surface area is 123 Å². The van der Waals surface area contributed by atoms with Gasteiger partial charge in [-0.05, 0) is 30.0 Å². The van der Waals surface area contributed by atoms with Gasteiger partial charge in [0.25, 0.3) is 0 Å². The fraction of sp³-hybridized carbons (Fsp3) is 0.333. The summed E-state index contributed by atoms with van der Waals surface area (Å²) in [4.78, 5) is 16.0. The summed E-state index contributed by atoms with van der Waals surface area (Å²) in [5, 5.41) is 5.17. The Hall–Kier alpha value is -1.88. The summed E-state index contributed by atoms with van der Waals surface area (Å²) in [5.41, 5.74) is 8.35. The van der Waals surface area contributed by atoms with E-state index in [9.17, 15) is 4.79 Å². The van der Waals surface area contributed by atoms with E-state index < -0.39 is 0 Å². The maximum atomic E-state index is 11.9. The van der Waals surface area contributed by atoms with E-state index >= 15 is 0 Å². The highest BCUT2D eigenvalue weighted by Crippen LogP contribution is 2.20. The van der Waals surface area contributed by atoms with E-state index in [0.717, 1.165) is 12.1 Å². The Morgan fingerprint density at radius 3 is 2.65 bits per heavy atom. The lowest BCUT2D eigenvalue weighted by molar-refractivity contribution is -0.115. The fourth-order valence-electron chi connectivity index (χ4n) is 1.90. The molecular weight excluding hydrogens is 270 g/mol. The van der Waals surface area contributed by atoms with Gasteiger partial charge in [-0.3, -0.25) is 4.79 Å². The number of hydrogen-bond acceptors (Lipinski definition) is 4. The van der Waals surface area contributed by atoms with Crippen molar-refractivity contribution in [2.45, 2.75) is 32.6 Å². The molecule has 0 bridgehead atoms. The number of nitrogens with two attached hydrogens (primary N) is 1. The first-order valence-corrected chi connectivity index (χ1v) is 7.56. The molecule has 0 fully saturated rings. The molecule has 3 N–H and O–H groups in total. The quantitative estimate of drug-likeness (QED) is 0.886. The number of nitrogen functional groups attached to an aromatic ring is 1. The highest BCUT2D eigenvalue weighted by molar-refractivity contribution is 7.13. The molecule has 0 aliphatic carbocycles. The minimum Gasteiger partial charge on any atom is -0.375 e. The van der Waals surface area contributed by atoms with Gasteiger partial charge in [0.15, 0.2) is 5.13 Å². The van der Waals surface area contributed by atoms with Crippen LogP contribution in [0.25, 0.3) is 0 Å². The number of aromatic nitrogens is 1. The summed E-state index contributed by atoms with van der Waals surface area (Å²) in [6.45, 7) is 4.36. The topological polar surface area (TPSA) is 68.0 Å². The van der Waals surface area contributed by atoms with Crippen LogP contribution in [0.3, 0.4) is 0 Å². The zero-order chi connectivity index (χ0) is 14.5. The molecule has 106 valence electrons. The first-order chi connectivity index (χ1) is 9.58. The molecule has 0 saturated heterocycles. The number of nitrogens with zero attached hydrogens (tertiary/aromatic N) is 1. The van der Waals surface area contributed by atoms with E-state index in [0.29, 0.717) is 16.7 Å². The van der Waals surface area contributed by atoms with Gasteiger partial charge in [-0.2, -0.15) is 0 Å². The van der Waals surface area contributed by atoms with E-state index in [-0.39, 0.29) is 12.3 Å². The van der Waals surface area contributed by atoms with Gasteiger partial charge in [0.05, 0.1) is 12.1 Å². The third-order valence-corrected chi connectivity index (χ3v) is 4.01. The number of amides is 1. The molecule has 0 aliphatic heterocycles. The van der Waals surface area contributed by atoms with Crippen molar-refractivity contribution in [1.29, 1.82) is 0 Å². The van der Waals surface area contributed by atoms with E-state index in [1.165, 1.54) is 16.9 Å². The maximum absolute atomic E-state index is 11.9. The molecule has 0 saturated carbocycles. The normalized spacial score (nSPS) is 12.1. The Balaban J connectivity index is 1.94. The number of rotatable bonds is 5. The second kappa shape index (κ2) is 6.52. The van der Waals surface area contributed by atoms with Crippen molar-refractivity contribution in [3.63, 3.8) is 0 Å². The SMILES string of the molecule is CCC(C)c1ccc(NC(=O)Cc2csc(N)n2)cc1. The van der Waals surface area contributed by atoms with Crippen molar-refractivity contribution < 1.29 is 4.79 Å². The minimum absolute atomic E-state index is 0.0772. The highest BCUT2D eigenvalue weighted by atomic mass is 32.1. The molecule has 1 amide bonds. The second-order valence-electron chi connectivity index (χ2n) is 4.83. The third-order valence-electron chi connectivity index (χ3n) is 3.29. The van der Waals surface area contributed by atoms with Crippen LogP contribution >= 0.6 is 11.3 Å². The number of anilines is 2. The number of thiazole rings is 1. The van der Waals surface area contributed by atoms with E-state index in [1.807, 2.05) is 12.1 Å². The van der Waals surface area contributed by atoms with Crippen LogP contribution in [0.15, 0.2) is 29.6 Å². The molecule has 0 spiro atoms. The van der Waals surface area contributed by atoms with Crippen molar-refractivity contribution in [3.05, 3.63) is 40.9 Å². The minimum atomic E-state index is -0.0772. The number of hydrogen-bond donors (Lipinski definition) is 2. The van der Waals surface area contributed by atoms with Crippen LogP contribution in [0.5, 0.6) is 0 Å². The monoisotopic (exact) mass is 289 g/mol. The Kier molecular flexibility index (Phi) is 4.74. The number of carbonyl (C=O) groups is 1. The Bertz CT molecular complexity index is 577. The largest absolute Gasteiger partial charge is 0.375 e. The predicted molar refractivity (Wildman–Crippen MR) is 84.0 cm³/mol. The first kappa shape index (κ1) is 14.5. The van der Waals surface area contributed by atoms with Gasteiger partial charge >= 0.3 is 0 Å². The molecule has 0 aliphatic rings. The van der Waals surface area contributed by atoms with Gasteiger partial charge in [0.2, 0.25) is 5.91 Å². The Morgan fingerprint density at radius 2 is 2.10 bits per heavy atom. The molecule has 4 nitrogen and oxygen atoms in total. The molecular formula is C15H19N3OS. The lowest BCUT2D eigenvalue weighted by Gasteiger charge is -2.10. The van der Waals surface area contributed by atoms with Crippen molar-refractivity contribution in [2.75, 3.05) is 11.1 Å². The molecule has 5 heteroatoms.